The molecule has 0 spiro atoms. The number of para-hydroxylation sites is 1. The van der Waals surface area contributed by atoms with Gasteiger partial charge < -0.3 is 15.1 Å². The Hall–Kier alpha value is -2.04. The van der Waals surface area contributed by atoms with E-state index in [1.54, 1.807) is 0 Å². The normalized spacial score (nSPS) is 15.0. The van der Waals surface area contributed by atoms with E-state index in [2.05, 4.69) is 40.0 Å². The van der Waals surface area contributed by atoms with E-state index < -0.39 is 0 Å². The summed E-state index contributed by atoms with van der Waals surface area (Å²) < 4.78 is 5.38. The molecule has 0 atom stereocenters. The number of hydrogen-bond donors (Lipinski definition) is 2. The fraction of sp³-hybridized carbons (Fsp3) is 0.294. The maximum atomic E-state index is 5.38. The Morgan fingerprint density at radius 2 is 1.62 bits per heavy atom. The first-order chi connectivity index (χ1) is 10.4. The molecule has 0 saturated carbocycles. The van der Waals surface area contributed by atoms with E-state index >= 15 is 0 Å². The van der Waals surface area contributed by atoms with Crippen LogP contribution in [0.4, 0.5) is 11.4 Å². The van der Waals surface area contributed by atoms with Crippen molar-refractivity contribution in [3.05, 3.63) is 60.2 Å². The van der Waals surface area contributed by atoms with Gasteiger partial charge in [0, 0.05) is 31.0 Å². The minimum absolute atomic E-state index is 0.790. The molecule has 1 heterocycles. The van der Waals surface area contributed by atoms with Crippen LogP contribution in [0.2, 0.25) is 0 Å². The largest absolute Gasteiger partial charge is 0.378 e. The van der Waals surface area contributed by atoms with Gasteiger partial charge in [-0.05, 0) is 29.8 Å². The summed E-state index contributed by atoms with van der Waals surface area (Å²) in [6, 6.07) is 18.8. The molecule has 0 bridgehead atoms. The first kappa shape index (κ1) is 13.9. The molecule has 3 rings (SSSR count). The van der Waals surface area contributed by atoms with Crippen LogP contribution in [-0.2, 0) is 11.3 Å². The Morgan fingerprint density at radius 1 is 0.905 bits per heavy atom. The monoisotopic (exact) mass is 283 g/mol. The maximum Gasteiger partial charge on any atom is 0.0642 e. The number of hydrogen-bond acceptors (Lipinski definition) is 4. The van der Waals surface area contributed by atoms with Gasteiger partial charge in [0.25, 0.3) is 0 Å². The molecule has 0 unspecified atom stereocenters. The average Bonchev–Trinajstić information content (AvgIpc) is 2.57. The molecule has 21 heavy (non-hydrogen) atoms. The lowest BCUT2D eigenvalue weighted by Gasteiger charge is -2.28. The number of hydrazine groups is 1. The fourth-order valence-electron chi connectivity index (χ4n) is 2.42. The van der Waals surface area contributed by atoms with Gasteiger partial charge in [0.2, 0.25) is 0 Å². The molecular formula is C17H21N3O. The molecule has 0 aromatic heterocycles. The SMILES string of the molecule is c1ccc(NNCc2ccc(N3CCOCC3)cc2)cc1. The summed E-state index contributed by atoms with van der Waals surface area (Å²) in [5, 5.41) is 0. The van der Waals surface area contributed by atoms with E-state index in [0.717, 1.165) is 38.5 Å². The number of ether oxygens (including phenoxy) is 1. The van der Waals surface area contributed by atoms with Crippen molar-refractivity contribution in [2.24, 2.45) is 0 Å². The molecule has 1 fully saturated rings. The van der Waals surface area contributed by atoms with Crippen molar-refractivity contribution >= 4 is 11.4 Å². The van der Waals surface area contributed by atoms with Crippen LogP contribution in [0.25, 0.3) is 0 Å². The van der Waals surface area contributed by atoms with Crippen molar-refractivity contribution in [3.63, 3.8) is 0 Å². The Morgan fingerprint density at radius 3 is 2.33 bits per heavy atom. The van der Waals surface area contributed by atoms with Gasteiger partial charge in [0.05, 0.1) is 13.2 Å². The maximum absolute atomic E-state index is 5.38. The van der Waals surface area contributed by atoms with E-state index in [4.69, 9.17) is 4.74 Å². The van der Waals surface area contributed by atoms with Crippen LogP contribution in [0.1, 0.15) is 5.56 Å². The van der Waals surface area contributed by atoms with Crippen molar-refractivity contribution in [2.45, 2.75) is 6.54 Å². The minimum atomic E-state index is 0.790. The van der Waals surface area contributed by atoms with Crippen molar-refractivity contribution in [1.82, 2.24) is 5.43 Å². The van der Waals surface area contributed by atoms with Gasteiger partial charge in [0.1, 0.15) is 0 Å². The summed E-state index contributed by atoms with van der Waals surface area (Å²) >= 11 is 0. The van der Waals surface area contributed by atoms with Crippen LogP contribution in [0.3, 0.4) is 0 Å². The molecule has 2 aromatic carbocycles. The summed E-state index contributed by atoms with van der Waals surface area (Å²) in [5.74, 6) is 0. The minimum Gasteiger partial charge on any atom is -0.378 e. The first-order valence-electron chi connectivity index (χ1n) is 7.37. The van der Waals surface area contributed by atoms with Crippen LogP contribution in [0.5, 0.6) is 0 Å². The second-order valence-corrected chi connectivity index (χ2v) is 5.11. The molecule has 0 aliphatic carbocycles. The highest BCUT2D eigenvalue weighted by molar-refractivity contribution is 5.48. The molecule has 2 aromatic rings. The Balaban J connectivity index is 1.50. The van der Waals surface area contributed by atoms with E-state index in [-0.39, 0.29) is 0 Å². The predicted molar refractivity (Wildman–Crippen MR) is 86.4 cm³/mol. The fourth-order valence-corrected chi connectivity index (χ4v) is 2.42. The van der Waals surface area contributed by atoms with E-state index in [1.165, 1.54) is 11.3 Å². The summed E-state index contributed by atoms with van der Waals surface area (Å²) in [5.41, 5.74) is 10.0. The topological polar surface area (TPSA) is 36.5 Å². The molecule has 1 saturated heterocycles. The molecule has 110 valence electrons. The molecule has 1 aliphatic rings. The van der Waals surface area contributed by atoms with Gasteiger partial charge in [0.15, 0.2) is 0 Å². The number of rotatable bonds is 5. The highest BCUT2D eigenvalue weighted by Gasteiger charge is 2.10. The highest BCUT2D eigenvalue weighted by atomic mass is 16.5. The summed E-state index contributed by atoms with van der Waals surface area (Å²) in [6.07, 6.45) is 0. The Bertz CT molecular complexity index is 536. The smallest absolute Gasteiger partial charge is 0.0642 e. The van der Waals surface area contributed by atoms with Crippen molar-refractivity contribution in [3.8, 4) is 0 Å². The number of morpholine rings is 1. The Labute approximate surface area is 125 Å². The Kier molecular flexibility index (Phi) is 4.71. The predicted octanol–water partition coefficient (Wildman–Crippen LogP) is 2.64. The average molecular weight is 283 g/mol. The number of benzene rings is 2. The third-order valence-electron chi connectivity index (χ3n) is 3.61. The van der Waals surface area contributed by atoms with Gasteiger partial charge in [-0.25, -0.2) is 5.43 Å². The first-order valence-corrected chi connectivity index (χ1v) is 7.37. The summed E-state index contributed by atoms with van der Waals surface area (Å²) in [7, 11) is 0. The van der Waals surface area contributed by atoms with Crippen molar-refractivity contribution in [1.29, 1.82) is 0 Å². The highest BCUT2D eigenvalue weighted by Crippen LogP contribution is 2.16. The number of nitrogens with zero attached hydrogens (tertiary/aromatic N) is 1. The lowest BCUT2D eigenvalue weighted by molar-refractivity contribution is 0.122. The van der Waals surface area contributed by atoms with Gasteiger partial charge in [-0.15, -0.1) is 0 Å². The van der Waals surface area contributed by atoms with E-state index in [9.17, 15) is 0 Å². The van der Waals surface area contributed by atoms with Gasteiger partial charge in [-0.2, -0.15) is 0 Å². The molecule has 1 aliphatic heterocycles. The number of anilines is 2. The molecule has 4 heteroatoms. The zero-order valence-corrected chi connectivity index (χ0v) is 12.1. The molecule has 0 radical (unpaired) electrons. The standard InChI is InChI=1S/C17H21N3O/c1-2-4-16(5-3-1)19-18-14-15-6-8-17(9-7-15)20-10-12-21-13-11-20/h1-9,18-19H,10-14H2. The molecular weight excluding hydrogens is 262 g/mol. The number of nitrogens with one attached hydrogen (secondary N) is 2. The third kappa shape index (κ3) is 3.97. The van der Waals surface area contributed by atoms with Gasteiger partial charge in [-0.1, -0.05) is 30.3 Å². The quantitative estimate of drug-likeness (QED) is 0.827. The lowest BCUT2D eigenvalue weighted by Crippen LogP contribution is -2.36. The van der Waals surface area contributed by atoms with Gasteiger partial charge in [-0.3, -0.25) is 0 Å². The lowest BCUT2D eigenvalue weighted by atomic mass is 10.2. The molecule has 4 nitrogen and oxygen atoms in total. The van der Waals surface area contributed by atoms with Crippen LogP contribution in [0.15, 0.2) is 54.6 Å². The zero-order valence-electron chi connectivity index (χ0n) is 12.1. The summed E-state index contributed by atoms with van der Waals surface area (Å²) in [4.78, 5) is 2.36. The zero-order chi connectivity index (χ0) is 14.3. The molecule has 0 amide bonds. The van der Waals surface area contributed by atoms with Crippen LogP contribution in [0, 0.1) is 0 Å². The van der Waals surface area contributed by atoms with Crippen LogP contribution in [-0.4, -0.2) is 26.3 Å². The van der Waals surface area contributed by atoms with E-state index in [1.807, 2.05) is 30.3 Å². The summed E-state index contributed by atoms with van der Waals surface area (Å²) in [6.45, 7) is 4.40. The van der Waals surface area contributed by atoms with Crippen molar-refractivity contribution < 1.29 is 4.74 Å². The molecule has 2 N–H and O–H groups in total. The second-order valence-electron chi connectivity index (χ2n) is 5.11. The van der Waals surface area contributed by atoms with E-state index in [0.29, 0.717) is 0 Å². The van der Waals surface area contributed by atoms with Gasteiger partial charge >= 0.3 is 0 Å². The third-order valence-corrected chi connectivity index (χ3v) is 3.61. The van der Waals surface area contributed by atoms with Crippen molar-refractivity contribution in [2.75, 3.05) is 36.6 Å². The second kappa shape index (κ2) is 7.11. The van der Waals surface area contributed by atoms with Crippen LogP contribution < -0.4 is 15.8 Å². The van der Waals surface area contributed by atoms with Crippen LogP contribution >= 0.6 is 0 Å².